The lowest BCUT2D eigenvalue weighted by Crippen LogP contribution is -1.96. The number of fused-ring (bicyclic) bond motifs is 1. The minimum atomic E-state index is -0.237. The number of hydrogen-bond donors (Lipinski definition) is 1. The highest BCUT2D eigenvalue weighted by atomic mass is 19.1. The maximum absolute atomic E-state index is 13.8. The van der Waals surface area contributed by atoms with E-state index >= 15 is 0 Å². The molecule has 0 saturated heterocycles. The minimum absolute atomic E-state index is 0.237. The number of nitrogens with zero attached hydrogens (tertiary/aromatic N) is 1. The van der Waals surface area contributed by atoms with E-state index in [4.69, 9.17) is 5.73 Å². The Hall–Kier alpha value is -2.26. The molecule has 0 unspecified atom stereocenters. The van der Waals surface area contributed by atoms with Crippen LogP contribution in [-0.4, -0.2) is 4.98 Å². The van der Waals surface area contributed by atoms with Crippen LogP contribution in [0, 0.1) is 5.82 Å². The van der Waals surface area contributed by atoms with Crippen LogP contribution in [0.2, 0.25) is 0 Å². The summed E-state index contributed by atoms with van der Waals surface area (Å²) in [5.41, 5.74) is 8.90. The van der Waals surface area contributed by atoms with E-state index in [-0.39, 0.29) is 5.82 Å². The summed E-state index contributed by atoms with van der Waals surface area (Å²) in [7, 11) is 0. The minimum Gasteiger partial charge on any atom is -0.326 e. The van der Waals surface area contributed by atoms with Crippen LogP contribution < -0.4 is 5.73 Å². The maximum atomic E-state index is 13.8. The van der Waals surface area contributed by atoms with Gasteiger partial charge in [-0.25, -0.2) is 4.39 Å². The third-order valence-electron chi connectivity index (χ3n) is 3.17. The van der Waals surface area contributed by atoms with Crippen LogP contribution in [0.4, 0.5) is 4.39 Å². The average Bonchev–Trinajstić information content (AvgIpc) is 2.46. The van der Waals surface area contributed by atoms with Crippen molar-refractivity contribution in [3.63, 3.8) is 0 Å². The van der Waals surface area contributed by atoms with Gasteiger partial charge in [-0.3, -0.25) is 4.98 Å². The van der Waals surface area contributed by atoms with Crippen molar-refractivity contribution in [3.8, 4) is 11.1 Å². The van der Waals surface area contributed by atoms with Crippen LogP contribution in [0.15, 0.2) is 54.7 Å². The van der Waals surface area contributed by atoms with Gasteiger partial charge in [0.1, 0.15) is 5.82 Å². The zero-order valence-corrected chi connectivity index (χ0v) is 10.3. The third kappa shape index (κ3) is 2.20. The van der Waals surface area contributed by atoms with Gasteiger partial charge in [0.15, 0.2) is 0 Å². The lowest BCUT2D eigenvalue weighted by atomic mass is 10.0. The molecule has 3 aromatic rings. The number of halogens is 1. The van der Waals surface area contributed by atoms with Crippen molar-refractivity contribution in [2.24, 2.45) is 5.73 Å². The number of aromatic nitrogens is 1. The van der Waals surface area contributed by atoms with Crippen LogP contribution in [0.1, 0.15) is 5.56 Å². The summed E-state index contributed by atoms with van der Waals surface area (Å²) >= 11 is 0. The van der Waals surface area contributed by atoms with Crippen molar-refractivity contribution in [3.05, 3.63) is 66.1 Å². The van der Waals surface area contributed by atoms with Crippen LogP contribution in [0.5, 0.6) is 0 Å². The molecule has 0 aliphatic heterocycles. The Balaban J connectivity index is 2.18. The fourth-order valence-electron chi connectivity index (χ4n) is 2.15. The van der Waals surface area contributed by atoms with Crippen molar-refractivity contribution in [1.29, 1.82) is 0 Å². The summed E-state index contributed by atoms with van der Waals surface area (Å²) < 4.78 is 13.8. The molecule has 0 radical (unpaired) electrons. The Bertz CT molecular complexity index is 738. The molecule has 94 valence electrons. The molecule has 0 amide bonds. The smallest absolute Gasteiger partial charge is 0.131 e. The SMILES string of the molecule is NCc1ccc2ncc(-c3ccccc3F)cc2c1. The highest BCUT2D eigenvalue weighted by molar-refractivity contribution is 5.84. The quantitative estimate of drug-likeness (QED) is 0.758. The molecule has 3 rings (SSSR count). The Kier molecular flexibility index (Phi) is 2.97. The zero-order chi connectivity index (χ0) is 13.2. The van der Waals surface area contributed by atoms with Crippen LogP contribution in [-0.2, 0) is 6.54 Å². The van der Waals surface area contributed by atoms with Gasteiger partial charge >= 0.3 is 0 Å². The van der Waals surface area contributed by atoms with Gasteiger partial charge in [0, 0.05) is 29.3 Å². The number of hydrogen-bond acceptors (Lipinski definition) is 2. The van der Waals surface area contributed by atoms with Gasteiger partial charge in [-0.05, 0) is 29.8 Å². The molecule has 1 heterocycles. The molecule has 0 spiro atoms. The Morgan fingerprint density at radius 3 is 2.68 bits per heavy atom. The standard InChI is InChI=1S/C16H13FN2/c17-15-4-2-1-3-14(15)13-8-12-7-11(9-18)5-6-16(12)19-10-13/h1-8,10H,9,18H2. The summed E-state index contributed by atoms with van der Waals surface area (Å²) in [6.07, 6.45) is 1.70. The molecule has 0 aliphatic carbocycles. The molecular formula is C16H13FN2. The van der Waals surface area contributed by atoms with E-state index in [1.165, 1.54) is 6.07 Å². The van der Waals surface area contributed by atoms with Gasteiger partial charge < -0.3 is 5.73 Å². The van der Waals surface area contributed by atoms with E-state index in [1.54, 1.807) is 18.3 Å². The van der Waals surface area contributed by atoms with Gasteiger partial charge in [-0.2, -0.15) is 0 Å². The molecule has 0 bridgehead atoms. The second-order valence-corrected chi connectivity index (χ2v) is 4.44. The van der Waals surface area contributed by atoms with Gasteiger partial charge in [-0.1, -0.05) is 24.3 Å². The first-order valence-electron chi connectivity index (χ1n) is 6.11. The highest BCUT2D eigenvalue weighted by Gasteiger charge is 2.05. The molecular weight excluding hydrogens is 239 g/mol. The first kappa shape index (κ1) is 11.8. The van der Waals surface area contributed by atoms with Crippen LogP contribution in [0.25, 0.3) is 22.0 Å². The Labute approximate surface area is 110 Å². The molecule has 19 heavy (non-hydrogen) atoms. The lowest BCUT2D eigenvalue weighted by molar-refractivity contribution is 0.631. The monoisotopic (exact) mass is 252 g/mol. The van der Waals surface area contributed by atoms with E-state index in [1.807, 2.05) is 30.3 Å². The predicted octanol–water partition coefficient (Wildman–Crippen LogP) is 3.50. The van der Waals surface area contributed by atoms with E-state index < -0.39 is 0 Å². The Morgan fingerprint density at radius 2 is 1.89 bits per heavy atom. The van der Waals surface area contributed by atoms with Gasteiger partial charge in [-0.15, -0.1) is 0 Å². The van der Waals surface area contributed by atoms with Crippen molar-refractivity contribution < 1.29 is 4.39 Å². The third-order valence-corrected chi connectivity index (χ3v) is 3.17. The topological polar surface area (TPSA) is 38.9 Å². The molecule has 0 fully saturated rings. The largest absolute Gasteiger partial charge is 0.326 e. The van der Waals surface area contributed by atoms with Crippen LogP contribution >= 0.6 is 0 Å². The first-order valence-corrected chi connectivity index (χ1v) is 6.11. The van der Waals surface area contributed by atoms with Crippen molar-refractivity contribution in [2.75, 3.05) is 0 Å². The number of nitrogens with two attached hydrogens (primary N) is 1. The van der Waals surface area contributed by atoms with Crippen molar-refractivity contribution in [2.45, 2.75) is 6.54 Å². The maximum Gasteiger partial charge on any atom is 0.131 e. The number of pyridine rings is 1. The molecule has 0 aliphatic rings. The molecule has 0 saturated carbocycles. The van der Waals surface area contributed by atoms with Crippen molar-refractivity contribution in [1.82, 2.24) is 4.98 Å². The molecule has 2 nitrogen and oxygen atoms in total. The molecule has 0 atom stereocenters. The van der Waals surface area contributed by atoms with Gasteiger partial charge in [0.2, 0.25) is 0 Å². The first-order chi connectivity index (χ1) is 9.28. The summed E-state index contributed by atoms with van der Waals surface area (Å²) in [5, 5.41) is 0.976. The van der Waals surface area contributed by atoms with Crippen LogP contribution in [0.3, 0.4) is 0 Å². The van der Waals surface area contributed by atoms with E-state index in [9.17, 15) is 4.39 Å². The highest BCUT2D eigenvalue weighted by Crippen LogP contribution is 2.25. The van der Waals surface area contributed by atoms with E-state index in [2.05, 4.69) is 4.98 Å². The van der Waals surface area contributed by atoms with E-state index in [0.717, 1.165) is 22.0 Å². The lowest BCUT2D eigenvalue weighted by Gasteiger charge is -2.06. The molecule has 3 heteroatoms. The number of rotatable bonds is 2. The normalized spacial score (nSPS) is 10.8. The number of benzene rings is 2. The fraction of sp³-hybridized carbons (Fsp3) is 0.0625. The molecule has 2 aromatic carbocycles. The fourth-order valence-corrected chi connectivity index (χ4v) is 2.15. The predicted molar refractivity (Wildman–Crippen MR) is 75.0 cm³/mol. The summed E-state index contributed by atoms with van der Waals surface area (Å²) in [6.45, 7) is 0.486. The summed E-state index contributed by atoms with van der Waals surface area (Å²) in [4.78, 5) is 4.37. The van der Waals surface area contributed by atoms with Crippen molar-refractivity contribution >= 4 is 10.9 Å². The molecule has 2 N–H and O–H groups in total. The van der Waals surface area contributed by atoms with E-state index in [0.29, 0.717) is 12.1 Å². The van der Waals surface area contributed by atoms with Gasteiger partial charge in [0.25, 0.3) is 0 Å². The Morgan fingerprint density at radius 1 is 1.05 bits per heavy atom. The molecule has 1 aromatic heterocycles. The summed E-state index contributed by atoms with van der Waals surface area (Å²) in [6, 6.07) is 14.5. The average molecular weight is 252 g/mol. The summed E-state index contributed by atoms with van der Waals surface area (Å²) in [5.74, 6) is -0.237. The second kappa shape index (κ2) is 4.78. The zero-order valence-electron chi connectivity index (χ0n) is 10.3. The van der Waals surface area contributed by atoms with Gasteiger partial charge in [0.05, 0.1) is 5.52 Å². The second-order valence-electron chi connectivity index (χ2n) is 4.44.